The van der Waals surface area contributed by atoms with Gasteiger partial charge in [0, 0.05) is 34.7 Å². The van der Waals surface area contributed by atoms with Gasteiger partial charge in [0.25, 0.3) is 11.5 Å². The summed E-state index contributed by atoms with van der Waals surface area (Å²) in [4.78, 5) is 33.7. The zero-order valence-electron chi connectivity index (χ0n) is 27.4. The number of benzene rings is 2. The van der Waals surface area contributed by atoms with E-state index in [0.717, 1.165) is 12.1 Å². The molecule has 5 aromatic rings. The largest absolute Gasteiger partial charge is 0.435 e. The fourth-order valence-electron chi connectivity index (χ4n) is 6.86. The molecular formula is C37H28F7N5O3. The van der Waals surface area contributed by atoms with Gasteiger partial charge in [-0.15, -0.1) is 0 Å². The van der Waals surface area contributed by atoms with E-state index in [0.29, 0.717) is 32.6 Å². The summed E-state index contributed by atoms with van der Waals surface area (Å²) in [5.74, 6) is -3.54. The van der Waals surface area contributed by atoms with E-state index in [-0.39, 0.29) is 29.8 Å². The van der Waals surface area contributed by atoms with Crippen LogP contribution in [0.1, 0.15) is 66.1 Å². The lowest BCUT2D eigenvalue weighted by atomic mass is 9.92. The van der Waals surface area contributed by atoms with Crippen LogP contribution in [0.15, 0.2) is 65.6 Å². The molecule has 52 heavy (non-hydrogen) atoms. The van der Waals surface area contributed by atoms with E-state index in [1.54, 1.807) is 30.3 Å². The predicted octanol–water partition coefficient (Wildman–Crippen LogP) is 6.52. The number of nitrogens with one attached hydrogen (secondary N) is 2. The van der Waals surface area contributed by atoms with E-state index in [2.05, 4.69) is 32.2 Å². The topological polar surface area (TPSA) is 113 Å². The van der Waals surface area contributed by atoms with Crippen molar-refractivity contribution in [2.24, 2.45) is 5.92 Å². The van der Waals surface area contributed by atoms with Crippen molar-refractivity contribution in [2.45, 2.75) is 62.9 Å². The van der Waals surface area contributed by atoms with Gasteiger partial charge >= 0.3 is 6.18 Å². The van der Waals surface area contributed by atoms with E-state index in [4.69, 9.17) is 0 Å². The van der Waals surface area contributed by atoms with Gasteiger partial charge in [0.05, 0.1) is 11.7 Å². The van der Waals surface area contributed by atoms with Crippen LogP contribution in [0, 0.1) is 29.4 Å². The number of nitrogens with zero attached hydrogens (tertiary/aromatic N) is 3. The molecule has 15 heteroatoms. The number of carbonyl (C=O) groups is 1. The molecule has 8 nitrogen and oxygen atoms in total. The summed E-state index contributed by atoms with van der Waals surface area (Å²) in [5, 5.41) is 17.1. The quantitative estimate of drug-likeness (QED) is 0.131. The van der Waals surface area contributed by atoms with Gasteiger partial charge in [0.1, 0.15) is 35.2 Å². The Hall–Kier alpha value is -5.49. The van der Waals surface area contributed by atoms with Gasteiger partial charge in [-0.05, 0) is 91.4 Å². The Balaban J connectivity index is 1.36. The number of amides is 1. The molecule has 7 rings (SSSR count). The van der Waals surface area contributed by atoms with Gasteiger partial charge in [0.15, 0.2) is 5.69 Å². The van der Waals surface area contributed by atoms with Crippen molar-refractivity contribution < 1.29 is 40.6 Å². The normalized spacial score (nSPS) is 18.0. The van der Waals surface area contributed by atoms with Crippen molar-refractivity contribution in [3.05, 3.63) is 117 Å². The van der Waals surface area contributed by atoms with Gasteiger partial charge in [-0.2, -0.15) is 27.1 Å². The molecule has 1 saturated carbocycles. The second-order valence-corrected chi connectivity index (χ2v) is 13.5. The van der Waals surface area contributed by atoms with Gasteiger partial charge in [-0.25, -0.2) is 13.8 Å². The summed E-state index contributed by atoms with van der Waals surface area (Å²) < 4.78 is 102. The molecular weight excluding hydrogens is 695 g/mol. The molecule has 3 atom stereocenters. The molecule has 1 fully saturated rings. The van der Waals surface area contributed by atoms with Crippen LogP contribution in [0.3, 0.4) is 0 Å². The average molecular weight is 724 g/mol. The van der Waals surface area contributed by atoms with Crippen molar-refractivity contribution >= 4 is 16.7 Å². The minimum absolute atomic E-state index is 0.0452. The highest BCUT2D eigenvalue weighted by molar-refractivity contribution is 5.96. The third-order valence-corrected chi connectivity index (χ3v) is 9.05. The first kappa shape index (κ1) is 34.9. The summed E-state index contributed by atoms with van der Waals surface area (Å²) in [6.45, 7) is 1.83. The number of aromatic nitrogens is 4. The van der Waals surface area contributed by atoms with E-state index in [1.165, 1.54) is 26.1 Å². The van der Waals surface area contributed by atoms with Crippen molar-refractivity contribution in [2.75, 3.05) is 0 Å². The number of carbonyl (C=O) groups excluding carboxylic acids is 1. The number of aromatic amines is 1. The maximum atomic E-state index is 15.3. The molecule has 3 aromatic heterocycles. The molecule has 2 aliphatic rings. The van der Waals surface area contributed by atoms with Gasteiger partial charge in [-0.3, -0.25) is 14.3 Å². The second-order valence-electron chi connectivity index (χ2n) is 13.5. The lowest BCUT2D eigenvalue weighted by Gasteiger charge is -2.23. The first-order valence-corrected chi connectivity index (χ1v) is 16.1. The maximum absolute atomic E-state index is 15.3. The zero-order chi connectivity index (χ0) is 37.3. The monoisotopic (exact) mass is 723 g/mol. The Morgan fingerprint density at radius 2 is 1.81 bits per heavy atom. The Kier molecular flexibility index (Phi) is 8.28. The van der Waals surface area contributed by atoms with Crippen molar-refractivity contribution in [1.82, 2.24) is 25.1 Å². The fraction of sp³-hybridized carbons (Fsp3) is 0.297. The lowest BCUT2D eigenvalue weighted by Crippen LogP contribution is -2.35. The SMILES string of the molecule is CC(C)(O)C#Cc1ccc(-c2cccc3c(=O)[nH]ccc23)c([C@H](Cc2cc(F)cc(F)c2)NC(=O)Cn2nc(C(F)(F)F)c3c2C(F)(F)C2C[C@H]32)n1. The number of hydrogen-bond acceptors (Lipinski definition) is 5. The van der Waals surface area contributed by atoms with Gasteiger partial charge < -0.3 is 15.4 Å². The molecule has 268 valence electrons. The zero-order valence-corrected chi connectivity index (χ0v) is 27.4. The van der Waals surface area contributed by atoms with Crippen LogP contribution in [0.2, 0.25) is 0 Å². The van der Waals surface area contributed by atoms with Gasteiger partial charge in [-0.1, -0.05) is 18.1 Å². The number of rotatable bonds is 7. The Morgan fingerprint density at radius 3 is 2.50 bits per heavy atom. The van der Waals surface area contributed by atoms with Crippen LogP contribution in [0.25, 0.3) is 21.9 Å². The predicted molar refractivity (Wildman–Crippen MR) is 174 cm³/mol. The van der Waals surface area contributed by atoms with Crippen molar-refractivity contribution in [3.8, 4) is 23.0 Å². The number of pyridine rings is 2. The molecule has 1 unspecified atom stereocenters. The molecule has 0 radical (unpaired) electrons. The molecule has 0 saturated heterocycles. The average Bonchev–Trinajstić information content (AvgIpc) is 3.70. The second kappa shape index (κ2) is 12.3. The van der Waals surface area contributed by atoms with Crippen LogP contribution in [0.4, 0.5) is 30.7 Å². The Morgan fingerprint density at radius 1 is 1.08 bits per heavy atom. The van der Waals surface area contributed by atoms with Crippen molar-refractivity contribution in [3.63, 3.8) is 0 Å². The highest BCUT2D eigenvalue weighted by Crippen LogP contribution is 2.68. The van der Waals surface area contributed by atoms with E-state index < -0.39 is 82.2 Å². The van der Waals surface area contributed by atoms with Gasteiger partial charge in [0.2, 0.25) is 5.91 Å². The standard InChI is InChI=1S/C37H28F7N5O3/c1-35(2,52)10-8-21-6-7-24(22-4-3-5-25-23(22)9-11-45-34(25)51)31(46-21)28(14-18-12-19(38)15-20(39)13-18)47-29(50)17-49-33-30(32(48-49)37(42,43)44)26-16-27(26)36(33,40)41/h3-7,9,11-13,15,26-28,52H,14,16-17H2,1-2H3,(H,45,51)(H,47,50)/t26-,27?,28-/m0/s1. The van der Waals surface area contributed by atoms with Crippen LogP contribution < -0.4 is 10.9 Å². The van der Waals surface area contributed by atoms with E-state index in [1.807, 2.05) is 0 Å². The van der Waals surface area contributed by atoms with Crippen molar-refractivity contribution in [1.29, 1.82) is 0 Å². The van der Waals surface area contributed by atoms with Crippen LogP contribution in [-0.4, -0.2) is 36.4 Å². The minimum Gasteiger partial charge on any atom is -0.378 e. The molecule has 3 heterocycles. The summed E-state index contributed by atoms with van der Waals surface area (Å²) >= 11 is 0. The fourth-order valence-corrected chi connectivity index (χ4v) is 6.86. The molecule has 2 aromatic carbocycles. The summed E-state index contributed by atoms with van der Waals surface area (Å²) in [6, 6.07) is 11.0. The number of alkyl halides is 5. The number of aliphatic hydroxyl groups is 1. The third kappa shape index (κ3) is 6.54. The minimum atomic E-state index is -5.05. The van der Waals surface area contributed by atoms with Crippen LogP contribution in [-0.2, 0) is 29.9 Å². The molecule has 0 aliphatic heterocycles. The molecule has 1 amide bonds. The third-order valence-electron chi connectivity index (χ3n) is 9.05. The summed E-state index contributed by atoms with van der Waals surface area (Å²) in [6.07, 6.45) is -4.09. The number of hydrogen-bond donors (Lipinski definition) is 3. The molecule has 0 bridgehead atoms. The number of H-pyrrole nitrogens is 1. The smallest absolute Gasteiger partial charge is 0.378 e. The summed E-state index contributed by atoms with van der Waals surface area (Å²) in [7, 11) is 0. The number of fused-ring (bicyclic) bond motifs is 4. The first-order valence-electron chi connectivity index (χ1n) is 16.1. The highest BCUT2D eigenvalue weighted by atomic mass is 19.4. The molecule has 2 aliphatic carbocycles. The Labute approximate surface area is 290 Å². The number of halogens is 7. The van der Waals surface area contributed by atoms with Crippen LogP contribution >= 0.6 is 0 Å². The first-order chi connectivity index (χ1) is 24.4. The van der Waals surface area contributed by atoms with Crippen LogP contribution in [0.5, 0.6) is 0 Å². The lowest BCUT2D eigenvalue weighted by molar-refractivity contribution is -0.142. The highest BCUT2D eigenvalue weighted by Gasteiger charge is 2.68. The van der Waals surface area contributed by atoms with E-state index >= 15 is 8.78 Å². The molecule has 0 spiro atoms. The van der Waals surface area contributed by atoms with E-state index in [9.17, 15) is 36.6 Å². The maximum Gasteiger partial charge on any atom is 0.435 e. The summed E-state index contributed by atoms with van der Waals surface area (Å²) in [5.41, 5.74) is -3.91. The molecule has 3 N–H and O–H groups in total. The Bertz CT molecular complexity index is 2360.